The predicted molar refractivity (Wildman–Crippen MR) is 133 cm³/mol. The number of ether oxygens (including phenoxy) is 1. The number of benzene rings is 1. The minimum Gasteiger partial charge on any atom is -0.444 e. The molecule has 0 atom stereocenters. The molecule has 9 heteroatoms. The molecule has 2 saturated heterocycles. The second kappa shape index (κ2) is 10.4. The van der Waals surface area contributed by atoms with Gasteiger partial charge < -0.3 is 29.7 Å². The molecule has 0 unspecified atom stereocenters. The van der Waals surface area contributed by atoms with E-state index in [1.807, 2.05) is 72.8 Å². The van der Waals surface area contributed by atoms with Crippen LogP contribution in [0.1, 0.15) is 55.7 Å². The fourth-order valence-corrected chi connectivity index (χ4v) is 4.51. The number of piperazine rings is 1. The van der Waals surface area contributed by atoms with E-state index in [1.165, 1.54) is 0 Å². The maximum atomic E-state index is 13.0. The third kappa shape index (κ3) is 6.35. The minimum atomic E-state index is -0.510. The first-order valence-electron chi connectivity index (χ1n) is 12.2. The van der Waals surface area contributed by atoms with Crippen molar-refractivity contribution in [3.8, 4) is 0 Å². The third-order valence-electron chi connectivity index (χ3n) is 6.31. The van der Waals surface area contributed by atoms with Gasteiger partial charge in [0.25, 0.3) is 5.91 Å². The van der Waals surface area contributed by atoms with Crippen molar-refractivity contribution in [2.24, 2.45) is 0 Å². The van der Waals surface area contributed by atoms with E-state index in [0.717, 1.165) is 30.6 Å². The molecule has 1 aromatic heterocycles. The van der Waals surface area contributed by atoms with Crippen molar-refractivity contribution in [2.75, 3.05) is 37.6 Å². The zero-order valence-electron chi connectivity index (χ0n) is 20.8. The van der Waals surface area contributed by atoms with E-state index in [2.05, 4.69) is 10.6 Å². The molecular formula is C26H35N5O4. The van der Waals surface area contributed by atoms with Crippen molar-refractivity contribution in [3.05, 3.63) is 53.9 Å². The largest absolute Gasteiger partial charge is 0.444 e. The third-order valence-corrected chi connectivity index (χ3v) is 6.31. The van der Waals surface area contributed by atoms with Crippen molar-refractivity contribution < 1.29 is 19.1 Å². The van der Waals surface area contributed by atoms with Gasteiger partial charge in [0.2, 0.25) is 5.91 Å². The molecule has 0 radical (unpaired) electrons. The monoisotopic (exact) mass is 481 g/mol. The number of carbonyl (C=O) groups is 3. The van der Waals surface area contributed by atoms with Gasteiger partial charge in [-0.05, 0) is 63.4 Å². The molecule has 2 aromatic rings. The first-order valence-corrected chi connectivity index (χ1v) is 12.2. The van der Waals surface area contributed by atoms with Gasteiger partial charge in [0.1, 0.15) is 11.3 Å². The molecule has 0 spiro atoms. The van der Waals surface area contributed by atoms with E-state index in [1.54, 1.807) is 4.90 Å². The fourth-order valence-electron chi connectivity index (χ4n) is 4.51. The highest BCUT2D eigenvalue weighted by Gasteiger charge is 2.28. The van der Waals surface area contributed by atoms with Crippen LogP contribution in [0.4, 0.5) is 10.5 Å². The summed E-state index contributed by atoms with van der Waals surface area (Å²) in [6, 6.07) is 11.8. The molecule has 3 amide bonds. The summed E-state index contributed by atoms with van der Waals surface area (Å²) in [6.07, 6.45) is 3.19. The maximum absolute atomic E-state index is 13.0. The van der Waals surface area contributed by atoms with Crippen LogP contribution in [0.2, 0.25) is 0 Å². The number of carbonyl (C=O) groups excluding carboxylic acids is 3. The van der Waals surface area contributed by atoms with Crippen molar-refractivity contribution in [3.63, 3.8) is 0 Å². The molecule has 0 bridgehead atoms. The summed E-state index contributed by atoms with van der Waals surface area (Å²) in [5.74, 6) is -0.0903. The lowest BCUT2D eigenvalue weighted by Gasteiger charge is -2.34. The Bertz CT molecular complexity index is 1050. The Labute approximate surface area is 206 Å². The summed E-state index contributed by atoms with van der Waals surface area (Å²) in [4.78, 5) is 40.7. The van der Waals surface area contributed by atoms with E-state index < -0.39 is 5.60 Å². The topological polar surface area (TPSA) is 95.9 Å². The highest BCUT2D eigenvalue weighted by atomic mass is 16.6. The number of nitrogens with zero attached hydrogens (tertiary/aromatic N) is 3. The van der Waals surface area contributed by atoms with E-state index in [0.29, 0.717) is 38.4 Å². The van der Waals surface area contributed by atoms with Crippen LogP contribution in [0, 0.1) is 0 Å². The summed E-state index contributed by atoms with van der Waals surface area (Å²) in [5.41, 5.74) is 2.11. The molecule has 0 saturated carbocycles. The van der Waals surface area contributed by atoms with E-state index in [4.69, 9.17) is 4.74 Å². The number of likely N-dealkylation sites (tertiary alicyclic amines) is 1. The van der Waals surface area contributed by atoms with Crippen LogP contribution in [0.15, 0.2) is 42.6 Å². The number of nitrogens with one attached hydrogen (secondary N) is 2. The van der Waals surface area contributed by atoms with Crippen LogP contribution in [0.25, 0.3) is 0 Å². The van der Waals surface area contributed by atoms with Gasteiger partial charge in [-0.1, -0.05) is 12.1 Å². The summed E-state index contributed by atoms with van der Waals surface area (Å²) in [5, 5.41) is 5.85. The molecule has 9 nitrogen and oxygen atoms in total. The van der Waals surface area contributed by atoms with Gasteiger partial charge in [-0.15, -0.1) is 0 Å². The molecule has 0 aliphatic carbocycles. The number of rotatable bonds is 5. The number of amides is 3. The highest BCUT2D eigenvalue weighted by molar-refractivity contribution is 5.92. The standard InChI is InChI=1S/C26H35N5O4/c1-26(2,3)35-25(34)29-14-10-21(11-15-29)31-13-4-5-22(31)24(33)28-17-19-6-8-20(9-7-19)30-16-12-27-23(32)18-30/h4-9,13,21H,10-12,14-18H2,1-3H3,(H,27,32)(H,28,33). The Morgan fingerprint density at radius 3 is 2.46 bits per heavy atom. The van der Waals surface area contributed by atoms with Crippen LogP contribution in [-0.2, 0) is 16.1 Å². The Morgan fingerprint density at radius 1 is 1.09 bits per heavy atom. The van der Waals surface area contributed by atoms with Crippen LogP contribution >= 0.6 is 0 Å². The Balaban J connectivity index is 1.30. The van der Waals surface area contributed by atoms with Gasteiger partial charge in [0.15, 0.2) is 0 Å². The maximum Gasteiger partial charge on any atom is 0.410 e. The normalized spacial score (nSPS) is 17.2. The molecule has 188 valence electrons. The van der Waals surface area contributed by atoms with E-state index >= 15 is 0 Å². The Morgan fingerprint density at radius 2 is 1.80 bits per heavy atom. The van der Waals surface area contributed by atoms with Crippen LogP contribution < -0.4 is 15.5 Å². The molecular weight excluding hydrogens is 446 g/mol. The minimum absolute atomic E-state index is 0.0334. The van der Waals surface area contributed by atoms with Crippen LogP contribution in [0.3, 0.4) is 0 Å². The van der Waals surface area contributed by atoms with Gasteiger partial charge in [0.05, 0.1) is 6.54 Å². The quantitative estimate of drug-likeness (QED) is 0.685. The Hall–Kier alpha value is -3.49. The number of aromatic nitrogens is 1. The highest BCUT2D eigenvalue weighted by Crippen LogP contribution is 2.26. The van der Waals surface area contributed by atoms with E-state index in [9.17, 15) is 14.4 Å². The van der Waals surface area contributed by atoms with Crippen molar-refractivity contribution >= 4 is 23.6 Å². The summed E-state index contributed by atoms with van der Waals surface area (Å²) < 4.78 is 7.50. The summed E-state index contributed by atoms with van der Waals surface area (Å²) >= 11 is 0. The lowest BCUT2D eigenvalue weighted by Crippen LogP contribution is -2.47. The summed E-state index contributed by atoms with van der Waals surface area (Å²) in [6.45, 7) is 9.02. The van der Waals surface area contributed by atoms with Gasteiger partial charge in [-0.3, -0.25) is 9.59 Å². The molecule has 1 aromatic carbocycles. The first kappa shape index (κ1) is 24.6. The molecule has 2 fully saturated rings. The fraction of sp³-hybridized carbons (Fsp3) is 0.500. The average molecular weight is 482 g/mol. The molecule has 2 N–H and O–H groups in total. The van der Waals surface area contributed by atoms with Crippen molar-refractivity contribution in [1.29, 1.82) is 0 Å². The number of piperidine rings is 1. The van der Waals surface area contributed by atoms with Crippen LogP contribution in [0.5, 0.6) is 0 Å². The van der Waals surface area contributed by atoms with Crippen molar-refractivity contribution in [2.45, 2.75) is 51.8 Å². The molecule has 4 rings (SSSR count). The zero-order valence-corrected chi connectivity index (χ0v) is 20.8. The Kier molecular flexibility index (Phi) is 7.33. The number of hydrogen-bond donors (Lipinski definition) is 2. The van der Waals surface area contributed by atoms with Gasteiger partial charge in [-0.25, -0.2) is 4.79 Å². The second-order valence-electron chi connectivity index (χ2n) is 10.1. The van der Waals surface area contributed by atoms with Gasteiger partial charge in [0, 0.05) is 50.6 Å². The van der Waals surface area contributed by atoms with Gasteiger partial charge >= 0.3 is 6.09 Å². The lowest BCUT2D eigenvalue weighted by atomic mass is 10.0. The average Bonchev–Trinajstić information content (AvgIpc) is 3.32. The first-order chi connectivity index (χ1) is 16.7. The molecule has 35 heavy (non-hydrogen) atoms. The smallest absolute Gasteiger partial charge is 0.410 e. The van der Waals surface area contributed by atoms with E-state index in [-0.39, 0.29) is 23.9 Å². The predicted octanol–water partition coefficient (Wildman–Crippen LogP) is 2.93. The molecule has 2 aliphatic heterocycles. The molecule has 3 heterocycles. The SMILES string of the molecule is CC(C)(C)OC(=O)N1CCC(n2cccc2C(=O)NCc2ccc(N3CCNC(=O)C3)cc2)CC1. The van der Waals surface area contributed by atoms with Crippen LogP contribution in [-0.4, -0.2) is 65.7 Å². The lowest BCUT2D eigenvalue weighted by molar-refractivity contribution is -0.120. The zero-order chi connectivity index (χ0) is 25.0. The summed E-state index contributed by atoms with van der Waals surface area (Å²) in [7, 11) is 0. The number of hydrogen-bond acceptors (Lipinski definition) is 5. The number of anilines is 1. The molecule has 2 aliphatic rings. The second-order valence-corrected chi connectivity index (χ2v) is 10.1. The van der Waals surface area contributed by atoms with Crippen molar-refractivity contribution in [1.82, 2.24) is 20.1 Å². The van der Waals surface area contributed by atoms with Gasteiger partial charge in [-0.2, -0.15) is 0 Å².